The van der Waals surface area contributed by atoms with E-state index >= 15 is 0 Å². The Labute approximate surface area is 90.3 Å². The van der Waals surface area contributed by atoms with Crippen molar-refractivity contribution >= 4 is 11.3 Å². The molecule has 1 aliphatic carbocycles. The van der Waals surface area contributed by atoms with Crippen molar-refractivity contribution in [1.82, 2.24) is 4.98 Å². The zero-order chi connectivity index (χ0) is 11.2. The van der Waals surface area contributed by atoms with Gasteiger partial charge in [-0.2, -0.15) is 13.2 Å². The summed E-state index contributed by atoms with van der Waals surface area (Å²) in [4.78, 5) is 3.30. The van der Waals surface area contributed by atoms with Gasteiger partial charge >= 0.3 is 6.18 Å². The molecule has 0 N–H and O–H groups in total. The third kappa shape index (κ3) is 2.17. The van der Waals surface area contributed by atoms with Crippen LogP contribution >= 0.6 is 11.3 Å². The summed E-state index contributed by atoms with van der Waals surface area (Å²) in [5, 5.41) is 0.654. The molecule has 0 amide bonds. The molecule has 1 heterocycles. The van der Waals surface area contributed by atoms with Crippen LogP contribution in [0, 0.1) is 11.8 Å². The molecular weight excluding hydrogens is 223 g/mol. The molecule has 1 fully saturated rings. The second-order valence-electron chi connectivity index (χ2n) is 4.31. The van der Waals surface area contributed by atoms with E-state index in [-0.39, 0.29) is 5.92 Å². The van der Waals surface area contributed by atoms with Crippen LogP contribution in [-0.2, 0) is 6.18 Å². The van der Waals surface area contributed by atoms with Crippen molar-refractivity contribution in [1.29, 1.82) is 0 Å². The Kier molecular flexibility index (Phi) is 2.53. The molecule has 84 valence electrons. The molecule has 1 aliphatic rings. The van der Waals surface area contributed by atoms with Crippen LogP contribution in [0.5, 0.6) is 0 Å². The molecule has 1 aromatic rings. The van der Waals surface area contributed by atoms with Crippen molar-refractivity contribution in [3.05, 3.63) is 16.1 Å². The first kappa shape index (κ1) is 10.9. The van der Waals surface area contributed by atoms with Gasteiger partial charge in [0.15, 0.2) is 0 Å². The van der Waals surface area contributed by atoms with E-state index < -0.39 is 11.1 Å². The van der Waals surface area contributed by atoms with Gasteiger partial charge in [-0.05, 0) is 18.3 Å². The molecule has 15 heavy (non-hydrogen) atoms. The number of hydrogen-bond acceptors (Lipinski definition) is 2. The average molecular weight is 235 g/mol. The fraction of sp³-hybridized carbons (Fsp3) is 0.700. The Bertz CT molecular complexity index is 356. The molecule has 1 saturated carbocycles. The summed E-state index contributed by atoms with van der Waals surface area (Å²) in [6.07, 6.45) is -2.30. The highest BCUT2D eigenvalue weighted by Gasteiger charge is 2.43. The molecule has 0 unspecified atom stereocenters. The van der Waals surface area contributed by atoms with Crippen LogP contribution in [-0.4, -0.2) is 4.98 Å². The molecule has 0 spiro atoms. The zero-order valence-electron chi connectivity index (χ0n) is 8.51. The van der Waals surface area contributed by atoms with Gasteiger partial charge in [-0.3, -0.25) is 0 Å². The highest BCUT2D eigenvalue weighted by molar-refractivity contribution is 7.11. The lowest BCUT2D eigenvalue weighted by Crippen LogP contribution is -2.00. The van der Waals surface area contributed by atoms with Gasteiger partial charge in [0.25, 0.3) is 0 Å². The maximum absolute atomic E-state index is 12.3. The molecule has 2 rings (SSSR count). The summed E-state index contributed by atoms with van der Waals surface area (Å²) in [5.74, 6) is 1.33. The van der Waals surface area contributed by atoms with Gasteiger partial charge in [-0.1, -0.05) is 13.8 Å². The smallest absolute Gasteiger partial charge is 0.249 e. The Balaban J connectivity index is 2.10. The highest BCUT2D eigenvalue weighted by Crippen LogP contribution is 2.53. The van der Waals surface area contributed by atoms with E-state index in [2.05, 4.69) is 18.8 Å². The van der Waals surface area contributed by atoms with E-state index in [1.54, 1.807) is 0 Å². The Morgan fingerprint density at radius 3 is 2.53 bits per heavy atom. The first-order chi connectivity index (χ1) is 6.89. The molecule has 0 aromatic carbocycles. The lowest BCUT2D eigenvalue weighted by atomic mass is 10.1. The van der Waals surface area contributed by atoms with Crippen molar-refractivity contribution in [2.75, 3.05) is 0 Å². The normalized spacial score (nSPS) is 26.0. The Hall–Kier alpha value is -0.580. The number of thiazole rings is 1. The second-order valence-corrected chi connectivity index (χ2v) is 5.37. The molecule has 0 bridgehead atoms. The van der Waals surface area contributed by atoms with E-state index in [0.29, 0.717) is 16.8 Å². The number of halogens is 3. The first-order valence-corrected chi connectivity index (χ1v) is 5.74. The molecule has 0 radical (unpaired) electrons. The molecular formula is C10H12F3NS. The van der Waals surface area contributed by atoms with Crippen LogP contribution in [0.2, 0.25) is 0 Å². The van der Waals surface area contributed by atoms with Gasteiger partial charge in [-0.25, -0.2) is 4.98 Å². The summed E-state index contributed by atoms with van der Waals surface area (Å²) >= 11 is 0.795. The van der Waals surface area contributed by atoms with E-state index in [9.17, 15) is 13.2 Å². The Morgan fingerprint density at radius 1 is 1.47 bits per heavy atom. The number of rotatable bonds is 2. The summed E-state index contributed by atoms with van der Waals surface area (Å²) in [6.45, 7) is 4.20. The summed E-state index contributed by atoms with van der Waals surface area (Å²) < 4.78 is 36.9. The fourth-order valence-electron chi connectivity index (χ4n) is 1.83. The van der Waals surface area contributed by atoms with Crippen molar-refractivity contribution in [3.63, 3.8) is 0 Å². The van der Waals surface area contributed by atoms with Gasteiger partial charge in [0, 0.05) is 5.92 Å². The third-order valence-corrected chi connectivity index (χ3v) is 3.99. The minimum atomic E-state index is -4.24. The zero-order valence-corrected chi connectivity index (χ0v) is 9.32. The van der Waals surface area contributed by atoms with Crippen molar-refractivity contribution in [2.24, 2.45) is 11.8 Å². The maximum Gasteiger partial charge on any atom is 0.427 e. The quantitative estimate of drug-likeness (QED) is 0.757. The molecule has 0 saturated heterocycles. The standard InChI is InChI=1S/C10H12F3NS/c1-5(2)6-3-7(6)9-14-4-8(15-9)10(11,12)13/h4-7H,3H2,1-2H3/t6-,7+/m1/s1. The topological polar surface area (TPSA) is 12.9 Å². The van der Waals surface area contributed by atoms with E-state index in [1.807, 2.05) is 0 Å². The van der Waals surface area contributed by atoms with Crippen LogP contribution in [0.1, 0.15) is 36.1 Å². The van der Waals surface area contributed by atoms with Gasteiger partial charge in [0.2, 0.25) is 0 Å². The third-order valence-electron chi connectivity index (χ3n) is 2.82. The molecule has 1 nitrogen and oxygen atoms in total. The van der Waals surface area contributed by atoms with Gasteiger partial charge in [0.1, 0.15) is 4.88 Å². The number of hydrogen-bond donors (Lipinski definition) is 0. The summed E-state index contributed by atoms with van der Waals surface area (Å²) in [6, 6.07) is 0. The highest BCUT2D eigenvalue weighted by atomic mass is 32.1. The monoisotopic (exact) mass is 235 g/mol. The van der Waals surface area contributed by atoms with E-state index in [4.69, 9.17) is 0 Å². The van der Waals surface area contributed by atoms with Crippen LogP contribution in [0.4, 0.5) is 13.2 Å². The average Bonchev–Trinajstić information content (AvgIpc) is 2.74. The Morgan fingerprint density at radius 2 is 2.13 bits per heavy atom. The van der Waals surface area contributed by atoms with Crippen molar-refractivity contribution < 1.29 is 13.2 Å². The summed E-state index contributed by atoms with van der Waals surface area (Å²) in [5.41, 5.74) is 0. The number of aromatic nitrogens is 1. The summed E-state index contributed by atoms with van der Waals surface area (Å²) in [7, 11) is 0. The van der Waals surface area contributed by atoms with Crippen LogP contribution in [0.3, 0.4) is 0 Å². The lowest BCUT2D eigenvalue weighted by Gasteiger charge is -2.01. The minimum Gasteiger partial charge on any atom is -0.249 e. The van der Waals surface area contributed by atoms with Gasteiger partial charge in [0.05, 0.1) is 11.2 Å². The first-order valence-electron chi connectivity index (χ1n) is 4.92. The van der Waals surface area contributed by atoms with Gasteiger partial charge in [-0.15, -0.1) is 11.3 Å². The second kappa shape index (κ2) is 3.47. The fourth-order valence-corrected chi connectivity index (χ4v) is 2.80. The lowest BCUT2D eigenvalue weighted by molar-refractivity contribution is -0.134. The molecule has 1 aromatic heterocycles. The minimum absolute atomic E-state index is 0.270. The number of alkyl halides is 3. The van der Waals surface area contributed by atoms with Crippen LogP contribution in [0.15, 0.2) is 6.20 Å². The van der Waals surface area contributed by atoms with Crippen molar-refractivity contribution in [2.45, 2.75) is 32.4 Å². The predicted molar refractivity (Wildman–Crippen MR) is 52.8 cm³/mol. The van der Waals surface area contributed by atoms with Crippen molar-refractivity contribution in [3.8, 4) is 0 Å². The largest absolute Gasteiger partial charge is 0.427 e. The maximum atomic E-state index is 12.3. The molecule has 0 aliphatic heterocycles. The van der Waals surface area contributed by atoms with Crippen LogP contribution < -0.4 is 0 Å². The van der Waals surface area contributed by atoms with E-state index in [0.717, 1.165) is 24.0 Å². The predicted octanol–water partition coefficient (Wildman–Crippen LogP) is 3.92. The van der Waals surface area contributed by atoms with Gasteiger partial charge < -0.3 is 0 Å². The van der Waals surface area contributed by atoms with E-state index in [1.165, 1.54) is 0 Å². The molecule has 5 heteroatoms. The molecule has 2 atom stereocenters. The van der Waals surface area contributed by atoms with Crippen LogP contribution in [0.25, 0.3) is 0 Å². The SMILES string of the molecule is CC(C)[C@H]1C[C@@H]1c1ncc(C(F)(F)F)s1. The number of nitrogens with zero attached hydrogens (tertiary/aromatic N) is 1.